The molecular formula is C13H23N3O4. The Morgan fingerprint density at radius 1 is 1.30 bits per heavy atom. The van der Waals surface area contributed by atoms with E-state index >= 15 is 0 Å². The monoisotopic (exact) mass is 285 g/mol. The van der Waals surface area contributed by atoms with Gasteiger partial charge in [0.1, 0.15) is 0 Å². The third kappa shape index (κ3) is 2.88. The lowest BCUT2D eigenvalue weighted by atomic mass is 10.1. The predicted octanol–water partition coefficient (Wildman–Crippen LogP) is -0.226. The van der Waals surface area contributed by atoms with Crippen LogP contribution in [0.4, 0.5) is 4.79 Å². The molecule has 3 atom stereocenters. The Morgan fingerprint density at radius 2 is 2.00 bits per heavy atom. The van der Waals surface area contributed by atoms with E-state index in [2.05, 4.69) is 11.8 Å². The summed E-state index contributed by atoms with van der Waals surface area (Å²) in [6, 6.07) is -0.731. The number of nitrogens with zero attached hydrogens (tertiary/aromatic N) is 3. The molecule has 0 spiro atoms. The van der Waals surface area contributed by atoms with E-state index in [4.69, 9.17) is 4.74 Å². The van der Waals surface area contributed by atoms with Gasteiger partial charge in [0.05, 0.1) is 13.2 Å². The van der Waals surface area contributed by atoms with Crippen LogP contribution in [0.25, 0.3) is 0 Å². The lowest BCUT2D eigenvalue weighted by Crippen LogP contribution is -2.56. The Balaban J connectivity index is 2.05. The van der Waals surface area contributed by atoms with Crippen molar-refractivity contribution >= 4 is 12.0 Å². The third-order valence-electron chi connectivity index (χ3n) is 4.17. The Kier molecular flexibility index (Phi) is 4.49. The van der Waals surface area contributed by atoms with Gasteiger partial charge in [-0.1, -0.05) is 6.92 Å². The van der Waals surface area contributed by atoms with Crippen molar-refractivity contribution in [3.05, 3.63) is 0 Å². The van der Waals surface area contributed by atoms with Gasteiger partial charge in [-0.25, -0.2) is 9.59 Å². The summed E-state index contributed by atoms with van der Waals surface area (Å²) in [5, 5.41) is 9.19. The summed E-state index contributed by atoms with van der Waals surface area (Å²) in [5.41, 5.74) is 0. The zero-order valence-electron chi connectivity index (χ0n) is 12.3. The van der Waals surface area contributed by atoms with Crippen molar-refractivity contribution in [2.24, 2.45) is 5.92 Å². The third-order valence-corrected chi connectivity index (χ3v) is 4.17. The normalized spacial score (nSPS) is 30.9. The van der Waals surface area contributed by atoms with Gasteiger partial charge in [0.25, 0.3) is 0 Å². The zero-order chi connectivity index (χ0) is 14.9. The molecular weight excluding hydrogens is 262 g/mol. The smallest absolute Gasteiger partial charge is 0.328 e. The first-order valence-corrected chi connectivity index (χ1v) is 6.94. The summed E-state index contributed by atoms with van der Waals surface area (Å²) >= 11 is 0. The molecule has 7 nitrogen and oxygen atoms in total. The highest BCUT2D eigenvalue weighted by Gasteiger charge is 2.40. The number of urea groups is 1. The number of carboxylic acid groups (broad SMARTS) is 1. The van der Waals surface area contributed by atoms with Gasteiger partial charge in [-0.2, -0.15) is 0 Å². The van der Waals surface area contributed by atoms with E-state index in [1.165, 1.54) is 4.90 Å². The number of carbonyl (C=O) groups excluding carboxylic acids is 1. The number of hydrogen-bond acceptors (Lipinski definition) is 4. The molecule has 2 saturated heterocycles. The van der Waals surface area contributed by atoms with Crippen molar-refractivity contribution in [3.63, 3.8) is 0 Å². The molecule has 20 heavy (non-hydrogen) atoms. The van der Waals surface area contributed by atoms with E-state index < -0.39 is 12.0 Å². The number of hydrogen-bond donors (Lipinski definition) is 1. The van der Waals surface area contributed by atoms with Crippen molar-refractivity contribution < 1.29 is 19.4 Å². The standard InChI is InChI=1S/C13H23N3O4/c1-9-6-15(7-10(9)14(2)3)13(19)16-4-5-20-8-11(16)12(17)18/h9-11H,4-8H2,1-3H3,(H,17,18). The molecule has 0 aliphatic carbocycles. The van der Waals surface area contributed by atoms with Gasteiger partial charge in [0.15, 0.2) is 6.04 Å². The number of carboxylic acids is 1. The summed E-state index contributed by atoms with van der Waals surface area (Å²) in [5.74, 6) is -0.618. The highest BCUT2D eigenvalue weighted by molar-refractivity contribution is 5.83. The molecule has 2 fully saturated rings. The molecule has 2 aliphatic rings. The van der Waals surface area contributed by atoms with Crippen molar-refractivity contribution in [1.29, 1.82) is 0 Å². The molecule has 2 heterocycles. The maximum atomic E-state index is 12.5. The first-order valence-electron chi connectivity index (χ1n) is 6.94. The van der Waals surface area contributed by atoms with Gasteiger partial charge in [-0.15, -0.1) is 0 Å². The van der Waals surface area contributed by atoms with Crippen LogP contribution < -0.4 is 0 Å². The molecule has 0 aromatic rings. The van der Waals surface area contributed by atoms with Crippen molar-refractivity contribution in [3.8, 4) is 0 Å². The number of aliphatic carboxylic acids is 1. The van der Waals surface area contributed by atoms with Crippen LogP contribution in [0.5, 0.6) is 0 Å². The second kappa shape index (κ2) is 5.97. The molecule has 0 aromatic carbocycles. The largest absolute Gasteiger partial charge is 0.480 e. The van der Waals surface area contributed by atoms with E-state index in [1.54, 1.807) is 4.90 Å². The van der Waals surface area contributed by atoms with Crippen LogP contribution in [-0.2, 0) is 9.53 Å². The Morgan fingerprint density at radius 3 is 2.55 bits per heavy atom. The highest BCUT2D eigenvalue weighted by Crippen LogP contribution is 2.22. The molecule has 2 rings (SSSR count). The van der Waals surface area contributed by atoms with E-state index in [-0.39, 0.29) is 12.6 Å². The Hall–Kier alpha value is -1.34. The maximum absolute atomic E-state index is 12.5. The molecule has 3 unspecified atom stereocenters. The average Bonchev–Trinajstić information content (AvgIpc) is 2.80. The molecule has 0 aromatic heterocycles. The number of carbonyl (C=O) groups is 2. The van der Waals surface area contributed by atoms with E-state index in [0.29, 0.717) is 38.2 Å². The van der Waals surface area contributed by atoms with Crippen LogP contribution >= 0.6 is 0 Å². The van der Waals surface area contributed by atoms with Crippen LogP contribution in [0.3, 0.4) is 0 Å². The first kappa shape index (κ1) is 15.1. The van der Waals surface area contributed by atoms with Crippen LogP contribution in [-0.4, -0.2) is 90.8 Å². The molecule has 7 heteroatoms. The average molecular weight is 285 g/mol. The van der Waals surface area contributed by atoms with E-state index in [9.17, 15) is 14.7 Å². The Labute approximate surface area is 119 Å². The summed E-state index contributed by atoms with van der Waals surface area (Å²) in [4.78, 5) is 29.1. The lowest BCUT2D eigenvalue weighted by Gasteiger charge is -2.35. The predicted molar refractivity (Wildman–Crippen MR) is 72.6 cm³/mol. The molecule has 1 N–H and O–H groups in total. The lowest BCUT2D eigenvalue weighted by molar-refractivity contribution is -0.147. The van der Waals surface area contributed by atoms with Gasteiger partial charge in [0, 0.05) is 25.7 Å². The SMILES string of the molecule is CC1CN(C(=O)N2CCOCC2C(=O)O)CC1N(C)C. The van der Waals surface area contributed by atoms with Gasteiger partial charge in [-0.05, 0) is 20.0 Å². The quantitative estimate of drug-likeness (QED) is 0.759. The first-order chi connectivity index (χ1) is 9.41. The molecule has 2 aliphatic heterocycles. The molecule has 114 valence electrons. The van der Waals surface area contributed by atoms with Crippen LogP contribution in [0.1, 0.15) is 6.92 Å². The fourth-order valence-corrected chi connectivity index (χ4v) is 3.00. The molecule has 0 radical (unpaired) electrons. The number of amides is 2. The minimum Gasteiger partial charge on any atom is -0.480 e. The molecule has 2 amide bonds. The van der Waals surface area contributed by atoms with Crippen molar-refractivity contribution in [2.45, 2.75) is 19.0 Å². The van der Waals surface area contributed by atoms with E-state index in [0.717, 1.165) is 0 Å². The number of likely N-dealkylation sites (tertiary alicyclic amines) is 1. The summed E-state index contributed by atoms with van der Waals surface area (Å²) in [6.07, 6.45) is 0. The molecule has 0 bridgehead atoms. The second-order valence-electron chi connectivity index (χ2n) is 5.82. The summed E-state index contributed by atoms with van der Waals surface area (Å²) in [6.45, 7) is 4.25. The van der Waals surface area contributed by atoms with Gasteiger partial charge in [0.2, 0.25) is 0 Å². The van der Waals surface area contributed by atoms with Crippen molar-refractivity contribution in [2.75, 3.05) is 46.9 Å². The fourth-order valence-electron chi connectivity index (χ4n) is 3.00. The topological polar surface area (TPSA) is 73.3 Å². The summed E-state index contributed by atoms with van der Waals surface area (Å²) in [7, 11) is 4.01. The molecule has 0 saturated carbocycles. The van der Waals surface area contributed by atoms with Crippen molar-refractivity contribution in [1.82, 2.24) is 14.7 Å². The van der Waals surface area contributed by atoms with Crippen LogP contribution in [0, 0.1) is 5.92 Å². The minimum atomic E-state index is -1.01. The number of rotatable bonds is 2. The second-order valence-corrected chi connectivity index (χ2v) is 5.82. The van der Waals surface area contributed by atoms with E-state index in [1.807, 2.05) is 14.1 Å². The highest BCUT2D eigenvalue weighted by atomic mass is 16.5. The maximum Gasteiger partial charge on any atom is 0.328 e. The number of likely N-dealkylation sites (N-methyl/N-ethyl adjacent to an activating group) is 1. The van der Waals surface area contributed by atoms with Gasteiger partial charge >= 0.3 is 12.0 Å². The zero-order valence-corrected chi connectivity index (χ0v) is 12.3. The number of morpholine rings is 1. The number of ether oxygens (including phenoxy) is 1. The fraction of sp³-hybridized carbons (Fsp3) is 0.846. The van der Waals surface area contributed by atoms with Gasteiger partial charge < -0.3 is 24.5 Å². The Bertz CT molecular complexity index is 388. The van der Waals surface area contributed by atoms with Crippen LogP contribution in [0.2, 0.25) is 0 Å². The van der Waals surface area contributed by atoms with Crippen LogP contribution in [0.15, 0.2) is 0 Å². The minimum absolute atomic E-state index is 0.0710. The van der Waals surface area contributed by atoms with Gasteiger partial charge in [-0.3, -0.25) is 0 Å². The summed E-state index contributed by atoms with van der Waals surface area (Å²) < 4.78 is 5.17.